The van der Waals surface area contributed by atoms with Crippen LogP contribution in [-0.2, 0) is 0 Å². The van der Waals surface area contributed by atoms with E-state index in [9.17, 15) is 0 Å². The molecule has 0 aromatic heterocycles. The van der Waals surface area contributed by atoms with Crippen molar-refractivity contribution >= 4 is 6.21 Å². The Balaban J connectivity index is 0.000000461. The fraction of sp³-hybridized carbons (Fsp3) is 0.700. The van der Waals surface area contributed by atoms with Gasteiger partial charge in [-0.15, -0.1) is 0 Å². The van der Waals surface area contributed by atoms with Gasteiger partial charge in [0.1, 0.15) is 0 Å². The minimum Gasteiger partial charge on any atom is -0.266 e. The topological polar surface area (TPSA) is 12.4 Å². The zero-order valence-corrected chi connectivity index (χ0v) is 8.09. The SMILES string of the molecule is CC.CC(C)C1=CCCC=N1. The Bertz CT molecular complexity index is 143. The number of hydrogen-bond donors (Lipinski definition) is 0. The van der Waals surface area contributed by atoms with Crippen molar-refractivity contribution in [2.45, 2.75) is 40.5 Å². The molecule has 0 radical (unpaired) electrons. The second kappa shape index (κ2) is 6.14. The van der Waals surface area contributed by atoms with Crippen LogP contribution in [0.1, 0.15) is 40.5 Å². The van der Waals surface area contributed by atoms with Gasteiger partial charge in [-0.3, -0.25) is 4.99 Å². The summed E-state index contributed by atoms with van der Waals surface area (Å²) in [5, 5.41) is 0. The second-order valence-corrected chi connectivity index (χ2v) is 2.67. The lowest BCUT2D eigenvalue weighted by atomic mass is 10.1. The molecule has 64 valence electrons. The summed E-state index contributed by atoms with van der Waals surface area (Å²) in [6.45, 7) is 8.35. The van der Waals surface area contributed by atoms with Crippen LogP contribution < -0.4 is 0 Å². The number of rotatable bonds is 1. The van der Waals surface area contributed by atoms with Gasteiger partial charge in [0.15, 0.2) is 0 Å². The van der Waals surface area contributed by atoms with E-state index in [1.165, 1.54) is 12.1 Å². The maximum Gasteiger partial charge on any atom is 0.0385 e. The van der Waals surface area contributed by atoms with Crippen LogP contribution in [0.5, 0.6) is 0 Å². The second-order valence-electron chi connectivity index (χ2n) is 2.67. The molecule has 1 aliphatic rings. The highest BCUT2D eigenvalue weighted by Crippen LogP contribution is 2.14. The normalized spacial score (nSPS) is 15.5. The van der Waals surface area contributed by atoms with E-state index in [-0.39, 0.29) is 0 Å². The molecule has 0 atom stereocenters. The first-order valence-corrected chi connectivity index (χ1v) is 4.53. The Morgan fingerprint density at radius 3 is 2.18 bits per heavy atom. The predicted molar refractivity (Wildman–Crippen MR) is 52.0 cm³/mol. The van der Waals surface area contributed by atoms with Crippen LogP contribution in [0.2, 0.25) is 0 Å². The highest BCUT2D eigenvalue weighted by molar-refractivity contribution is 5.60. The zero-order valence-electron chi connectivity index (χ0n) is 8.09. The Kier molecular flexibility index (Phi) is 5.81. The molecule has 1 heteroatoms. The largest absolute Gasteiger partial charge is 0.266 e. The van der Waals surface area contributed by atoms with E-state index in [1.807, 2.05) is 20.1 Å². The predicted octanol–water partition coefficient (Wildman–Crippen LogP) is 3.42. The van der Waals surface area contributed by atoms with Gasteiger partial charge in [-0.1, -0.05) is 33.8 Å². The van der Waals surface area contributed by atoms with Gasteiger partial charge in [0.25, 0.3) is 0 Å². The van der Waals surface area contributed by atoms with Crippen molar-refractivity contribution in [3.63, 3.8) is 0 Å². The molecular formula is C10H19N. The van der Waals surface area contributed by atoms with Crippen LogP contribution >= 0.6 is 0 Å². The lowest BCUT2D eigenvalue weighted by Gasteiger charge is -2.08. The van der Waals surface area contributed by atoms with Gasteiger partial charge in [-0.2, -0.15) is 0 Å². The summed E-state index contributed by atoms with van der Waals surface area (Å²) in [5.74, 6) is 0.599. The van der Waals surface area contributed by atoms with Crippen molar-refractivity contribution in [3.8, 4) is 0 Å². The van der Waals surface area contributed by atoms with Crippen LogP contribution in [0.25, 0.3) is 0 Å². The van der Waals surface area contributed by atoms with Gasteiger partial charge in [0.05, 0.1) is 0 Å². The van der Waals surface area contributed by atoms with Crippen molar-refractivity contribution in [2.24, 2.45) is 10.9 Å². The van der Waals surface area contributed by atoms with E-state index in [4.69, 9.17) is 0 Å². The molecule has 0 fully saturated rings. The van der Waals surface area contributed by atoms with E-state index in [2.05, 4.69) is 24.9 Å². The Labute approximate surface area is 70.2 Å². The molecule has 0 saturated carbocycles. The van der Waals surface area contributed by atoms with E-state index in [1.54, 1.807) is 0 Å². The third kappa shape index (κ3) is 3.97. The molecule has 11 heavy (non-hydrogen) atoms. The third-order valence-electron chi connectivity index (χ3n) is 1.48. The first-order chi connectivity index (χ1) is 5.30. The Morgan fingerprint density at radius 2 is 1.91 bits per heavy atom. The summed E-state index contributed by atoms with van der Waals surface area (Å²) < 4.78 is 0. The van der Waals surface area contributed by atoms with Gasteiger partial charge < -0.3 is 0 Å². The molecule has 1 aliphatic heterocycles. The standard InChI is InChI=1S/C8H13N.C2H6/c1-7(2)8-5-3-4-6-9-8;1-2/h5-7H,3-4H2,1-2H3;1-2H3. The molecule has 0 N–H and O–H groups in total. The van der Waals surface area contributed by atoms with E-state index >= 15 is 0 Å². The van der Waals surface area contributed by atoms with Crippen molar-refractivity contribution in [2.75, 3.05) is 0 Å². The molecule has 1 nitrogen and oxygen atoms in total. The average Bonchev–Trinajstić information content (AvgIpc) is 2.10. The number of hydrogen-bond acceptors (Lipinski definition) is 1. The summed E-state index contributed by atoms with van der Waals surface area (Å²) in [6, 6.07) is 0. The molecule has 1 heterocycles. The zero-order chi connectivity index (χ0) is 8.69. The van der Waals surface area contributed by atoms with Crippen LogP contribution in [0, 0.1) is 5.92 Å². The van der Waals surface area contributed by atoms with Gasteiger partial charge in [-0.25, -0.2) is 0 Å². The molecule has 0 spiro atoms. The molecule has 0 unspecified atom stereocenters. The van der Waals surface area contributed by atoms with Crippen molar-refractivity contribution in [3.05, 3.63) is 11.8 Å². The Hall–Kier alpha value is -0.590. The maximum atomic E-state index is 4.27. The van der Waals surface area contributed by atoms with E-state index < -0.39 is 0 Å². The minimum absolute atomic E-state index is 0.599. The smallest absolute Gasteiger partial charge is 0.0385 e. The van der Waals surface area contributed by atoms with Crippen molar-refractivity contribution < 1.29 is 0 Å². The van der Waals surface area contributed by atoms with Crippen LogP contribution in [0.4, 0.5) is 0 Å². The Morgan fingerprint density at radius 1 is 1.27 bits per heavy atom. The first kappa shape index (κ1) is 10.4. The van der Waals surface area contributed by atoms with Gasteiger partial charge >= 0.3 is 0 Å². The summed E-state index contributed by atoms with van der Waals surface area (Å²) in [7, 11) is 0. The summed E-state index contributed by atoms with van der Waals surface area (Å²) in [4.78, 5) is 4.27. The molecule has 0 saturated heterocycles. The van der Waals surface area contributed by atoms with E-state index in [0.717, 1.165) is 6.42 Å². The molecule has 0 aromatic carbocycles. The fourth-order valence-corrected chi connectivity index (χ4v) is 0.913. The number of nitrogens with zero attached hydrogens (tertiary/aromatic N) is 1. The fourth-order valence-electron chi connectivity index (χ4n) is 0.913. The van der Waals surface area contributed by atoms with Crippen LogP contribution in [-0.4, -0.2) is 6.21 Å². The monoisotopic (exact) mass is 153 g/mol. The highest BCUT2D eigenvalue weighted by atomic mass is 14.7. The molecule has 0 aromatic rings. The molecule has 1 rings (SSSR count). The molecule has 0 aliphatic carbocycles. The first-order valence-electron chi connectivity index (χ1n) is 4.53. The molecular weight excluding hydrogens is 134 g/mol. The van der Waals surface area contributed by atoms with Gasteiger partial charge in [0.2, 0.25) is 0 Å². The third-order valence-corrected chi connectivity index (χ3v) is 1.48. The average molecular weight is 153 g/mol. The molecule has 0 bridgehead atoms. The maximum absolute atomic E-state index is 4.27. The van der Waals surface area contributed by atoms with Crippen molar-refractivity contribution in [1.29, 1.82) is 0 Å². The van der Waals surface area contributed by atoms with Gasteiger partial charge in [0, 0.05) is 11.9 Å². The lowest BCUT2D eigenvalue weighted by Crippen LogP contribution is -1.95. The quantitative estimate of drug-likeness (QED) is 0.547. The van der Waals surface area contributed by atoms with Gasteiger partial charge in [-0.05, 0) is 18.8 Å². The number of allylic oxidation sites excluding steroid dienone is 2. The molecule has 0 amide bonds. The summed E-state index contributed by atoms with van der Waals surface area (Å²) in [6.07, 6.45) is 6.53. The van der Waals surface area contributed by atoms with Crippen molar-refractivity contribution in [1.82, 2.24) is 0 Å². The highest BCUT2D eigenvalue weighted by Gasteiger charge is 2.01. The number of aliphatic imine (C=N–C) groups is 1. The minimum atomic E-state index is 0.599. The van der Waals surface area contributed by atoms with E-state index in [0.29, 0.717) is 5.92 Å². The lowest BCUT2D eigenvalue weighted by molar-refractivity contribution is 0.743. The van der Waals surface area contributed by atoms with Crippen LogP contribution in [0.3, 0.4) is 0 Å². The van der Waals surface area contributed by atoms with Crippen LogP contribution in [0.15, 0.2) is 16.8 Å². The summed E-state index contributed by atoms with van der Waals surface area (Å²) >= 11 is 0. The summed E-state index contributed by atoms with van der Waals surface area (Å²) in [5.41, 5.74) is 1.25.